The second-order valence-corrected chi connectivity index (χ2v) is 5.70. The van der Waals surface area contributed by atoms with Crippen molar-refractivity contribution in [3.8, 4) is 0 Å². The molecule has 0 amide bonds. The molecule has 0 bridgehead atoms. The van der Waals surface area contributed by atoms with Crippen LogP contribution >= 0.6 is 0 Å². The molecule has 98 valence electrons. The van der Waals surface area contributed by atoms with Gasteiger partial charge in [-0.15, -0.1) is 0 Å². The maximum Gasteiger partial charge on any atom is 0.480 e. The van der Waals surface area contributed by atoms with Gasteiger partial charge < -0.3 is 15.0 Å². The van der Waals surface area contributed by atoms with E-state index < -0.39 is 24.3 Å². The van der Waals surface area contributed by atoms with E-state index in [-0.39, 0.29) is 5.82 Å². The van der Waals surface area contributed by atoms with Crippen LogP contribution in [0.1, 0.15) is 39.2 Å². The number of nitrogens with two attached hydrogens (primary N) is 1. The van der Waals surface area contributed by atoms with Crippen LogP contribution in [0.4, 0.5) is 4.39 Å². The Kier molecular flexibility index (Phi) is 3.26. The summed E-state index contributed by atoms with van der Waals surface area (Å²) in [4.78, 5) is 0. The van der Waals surface area contributed by atoms with Gasteiger partial charge in [0.25, 0.3) is 0 Å². The van der Waals surface area contributed by atoms with Crippen LogP contribution in [0.15, 0.2) is 24.3 Å². The van der Waals surface area contributed by atoms with Crippen LogP contribution in [0.25, 0.3) is 0 Å². The summed E-state index contributed by atoms with van der Waals surface area (Å²) in [5.74, 6) is -0.702. The summed E-state index contributed by atoms with van der Waals surface area (Å²) in [6.07, 6.45) is 0. The van der Waals surface area contributed by atoms with E-state index in [0.717, 1.165) is 5.56 Å². The first-order chi connectivity index (χ1) is 8.23. The molecule has 1 aromatic rings. The minimum Gasteiger partial charge on any atom is -0.402 e. The highest BCUT2D eigenvalue weighted by Crippen LogP contribution is 2.39. The fraction of sp³-hybridized carbons (Fsp3) is 0.538. The maximum atomic E-state index is 12.9. The molecular formula is C13H19BFNO2. The number of benzene rings is 1. The third-order valence-corrected chi connectivity index (χ3v) is 3.82. The Morgan fingerprint density at radius 2 is 1.50 bits per heavy atom. The summed E-state index contributed by atoms with van der Waals surface area (Å²) in [5, 5.41) is 0. The average Bonchev–Trinajstić information content (AvgIpc) is 2.48. The minimum absolute atomic E-state index is 0.278. The van der Waals surface area contributed by atoms with Gasteiger partial charge in [-0.2, -0.15) is 0 Å². The molecule has 2 rings (SSSR count). The fourth-order valence-electron chi connectivity index (χ4n) is 1.88. The van der Waals surface area contributed by atoms with E-state index in [0.29, 0.717) is 0 Å². The van der Waals surface area contributed by atoms with Crippen molar-refractivity contribution in [1.29, 1.82) is 0 Å². The van der Waals surface area contributed by atoms with Gasteiger partial charge >= 0.3 is 7.12 Å². The number of hydrogen-bond donors (Lipinski definition) is 1. The molecule has 1 heterocycles. The molecule has 0 saturated carbocycles. The molecule has 5 heteroatoms. The van der Waals surface area contributed by atoms with Crippen molar-refractivity contribution in [2.24, 2.45) is 5.73 Å². The summed E-state index contributed by atoms with van der Waals surface area (Å²) in [7, 11) is -0.513. The first-order valence-corrected chi connectivity index (χ1v) is 6.10. The van der Waals surface area contributed by atoms with Gasteiger partial charge in [0.15, 0.2) is 0 Å². The van der Waals surface area contributed by atoms with Gasteiger partial charge in [-0.25, -0.2) is 4.39 Å². The summed E-state index contributed by atoms with van der Waals surface area (Å²) in [6, 6.07) is 6.09. The summed E-state index contributed by atoms with van der Waals surface area (Å²) in [6.45, 7) is 7.91. The molecule has 0 unspecified atom stereocenters. The molecule has 1 aliphatic heterocycles. The van der Waals surface area contributed by atoms with E-state index in [1.807, 2.05) is 27.7 Å². The third kappa shape index (κ3) is 2.30. The van der Waals surface area contributed by atoms with Crippen molar-refractivity contribution >= 4 is 7.12 Å². The van der Waals surface area contributed by atoms with Crippen molar-refractivity contribution in [1.82, 2.24) is 0 Å². The van der Waals surface area contributed by atoms with Crippen LogP contribution in [-0.4, -0.2) is 18.3 Å². The third-order valence-electron chi connectivity index (χ3n) is 3.82. The van der Waals surface area contributed by atoms with E-state index in [4.69, 9.17) is 15.0 Å². The molecule has 2 N–H and O–H groups in total. The smallest absolute Gasteiger partial charge is 0.402 e. The number of rotatable bonds is 2. The number of hydrogen-bond acceptors (Lipinski definition) is 3. The van der Waals surface area contributed by atoms with Crippen molar-refractivity contribution in [2.45, 2.75) is 44.8 Å². The fourth-order valence-corrected chi connectivity index (χ4v) is 1.88. The van der Waals surface area contributed by atoms with Gasteiger partial charge in [-0.1, -0.05) is 12.1 Å². The highest BCUT2D eigenvalue weighted by atomic mass is 19.1. The number of halogens is 1. The molecule has 1 fully saturated rings. The Labute approximate surface area is 108 Å². The lowest BCUT2D eigenvalue weighted by molar-refractivity contribution is 0.00578. The lowest BCUT2D eigenvalue weighted by Gasteiger charge is -2.32. The zero-order chi connectivity index (χ0) is 13.6. The van der Waals surface area contributed by atoms with Crippen molar-refractivity contribution in [2.75, 3.05) is 0 Å². The average molecular weight is 251 g/mol. The molecule has 0 spiro atoms. The van der Waals surface area contributed by atoms with E-state index in [1.54, 1.807) is 12.1 Å². The molecule has 1 saturated heterocycles. The van der Waals surface area contributed by atoms with Crippen molar-refractivity contribution < 1.29 is 13.7 Å². The van der Waals surface area contributed by atoms with E-state index in [9.17, 15) is 4.39 Å². The van der Waals surface area contributed by atoms with Crippen LogP contribution < -0.4 is 5.73 Å². The standard InChI is InChI=1S/C13H19BFNO2/c1-12(2)13(3,4)18-14(17-12)11(16)9-5-7-10(15)8-6-9/h5-8,11H,16H2,1-4H3/t11-/m1/s1. The lowest BCUT2D eigenvalue weighted by atomic mass is 9.75. The highest BCUT2D eigenvalue weighted by molar-refractivity contribution is 6.47. The van der Waals surface area contributed by atoms with Crippen LogP contribution in [-0.2, 0) is 9.31 Å². The molecule has 18 heavy (non-hydrogen) atoms. The van der Waals surface area contributed by atoms with Crippen LogP contribution in [0.5, 0.6) is 0 Å². The molecule has 1 aromatic carbocycles. The first-order valence-electron chi connectivity index (χ1n) is 6.10. The molecule has 0 aromatic heterocycles. The normalized spacial score (nSPS) is 23.1. The van der Waals surface area contributed by atoms with E-state index in [2.05, 4.69) is 0 Å². The van der Waals surface area contributed by atoms with Crippen LogP contribution in [0.3, 0.4) is 0 Å². The van der Waals surface area contributed by atoms with Gasteiger partial charge in [0.1, 0.15) is 5.82 Å². The second kappa shape index (κ2) is 4.33. The van der Waals surface area contributed by atoms with Crippen LogP contribution in [0, 0.1) is 5.82 Å². The van der Waals surface area contributed by atoms with Crippen molar-refractivity contribution in [3.05, 3.63) is 35.6 Å². The Morgan fingerprint density at radius 3 is 1.94 bits per heavy atom. The molecule has 0 radical (unpaired) electrons. The van der Waals surface area contributed by atoms with Gasteiger partial charge in [-0.3, -0.25) is 0 Å². The lowest BCUT2D eigenvalue weighted by Crippen LogP contribution is -2.41. The van der Waals surface area contributed by atoms with E-state index >= 15 is 0 Å². The van der Waals surface area contributed by atoms with Gasteiger partial charge in [0.2, 0.25) is 0 Å². The zero-order valence-electron chi connectivity index (χ0n) is 11.2. The Balaban J connectivity index is 2.17. The molecular weight excluding hydrogens is 232 g/mol. The Morgan fingerprint density at radius 1 is 1.06 bits per heavy atom. The topological polar surface area (TPSA) is 44.5 Å². The van der Waals surface area contributed by atoms with Gasteiger partial charge in [-0.05, 0) is 45.4 Å². The minimum atomic E-state index is -0.513. The zero-order valence-corrected chi connectivity index (χ0v) is 11.2. The predicted molar refractivity (Wildman–Crippen MR) is 69.4 cm³/mol. The van der Waals surface area contributed by atoms with Gasteiger partial charge in [0, 0.05) is 0 Å². The molecule has 3 nitrogen and oxygen atoms in total. The van der Waals surface area contributed by atoms with Crippen molar-refractivity contribution in [3.63, 3.8) is 0 Å². The highest BCUT2D eigenvalue weighted by Gasteiger charge is 2.53. The maximum absolute atomic E-state index is 12.9. The Bertz CT molecular complexity index is 417. The molecule has 1 aliphatic rings. The second-order valence-electron chi connectivity index (χ2n) is 5.70. The largest absolute Gasteiger partial charge is 0.480 e. The SMILES string of the molecule is CC1(C)OB([C@H](N)c2ccc(F)cc2)OC1(C)C. The monoisotopic (exact) mass is 251 g/mol. The van der Waals surface area contributed by atoms with Gasteiger partial charge in [0.05, 0.1) is 17.1 Å². The molecule has 0 aliphatic carbocycles. The Hall–Kier alpha value is -0.905. The van der Waals surface area contributed by atoms with E-state index in [1.165, 1.54) is 12.1 Å². The predicted octanol–water partition coefficient (Wildman–Crippen LogP) is 2.46. The summed E-state index contributed by atoms with van der Waals surface area (Å²) < 4.78 is 24.6. The van der Waals surface area contributed by atoms with Crippen LogP contribution in [0.2, 0.25) is 0 Å². The summed E-state index contributed by atoms with van der Waals surface area (Å²) >= 11 is 0. The quantitative estimate of drug-likeness (QED) is 0.821. The first kappa shape index (κ1) is 13.5. The summed E-state index contributed by atoms with van der Waals surface area (Å²) in [5.41, 5.74) is 6.11. The molecule has 1 atom stereocenters.